The summed E-state index contributed by atoms with van der Waals surface area (Å²) in [6.07, 6.45) is 6.89. The molecule has 0 bridgehead atoms. The van der Waals surface area contributed by atoms with E-state index in [1.807, 2.05) is 6.07 Å². The molecule has 0 aliphatic carbocycles. The Morgan fingerprint density at radius 1 is 1.27 bits per heavy atom. The molecule has 0 saturated heterocycles. The summed E-state index contributed by atoms with van der Waals surface area (Å²) in [4.78, 5) is 20.7. The molecule has 0 spiro atoms. The van der Waals surface area contributed by atoms with Gasteiger partial charge in [0.25, 0.3) is 5.91 Å². The molecule has 0 atom stereocenters. The van der Waals surface area contributed by atoms with Crippen LogP contribution in [0, 0.1) is 5.82 Å². The van der Waals surface area contributed by atoms with Gasteiger partial charge in [0.2, 0.25) is 0 Å². The summed E-state index contributed by atoms with van der Waals surface area (Å²) in [5.74, 6) is -1.16. The molecule has 3 N–H and O–H groups in total. The third-order valence-electron chi connectivity index (χ3n) is 3.86. The maximum Gasteiger partial charge on any atom is 0.263 e. The molecule has 0 aliphatic rings. The smallest absolute Gasteiger partial charge is 0.263 e. The first-order valence-corrected chi connectivity index (χ1v) is 7.57. The number of hydrogen-bond acceptors (Lipinski definition) is 6. The van der Waals surface area contributed by atoms with E-state index in [2.05, 4.69) is 25.5 Å². The van der Waals surface area contributed by atoms with Gasteiger partial charge in [0.1, 0.15) is 5.56 Å². The molecule has 4 heterocycles. The molecule has 130 valence electrons. The van der Waals surface area contributed by atoms with Crippen molar-refractivity contribution in [2.24, 2.45) is 7.05 Å². The summed E-state index contributed by atoms with van der Waals surface area (Å²) in [6, 6.07) is 3.58. The highest BCUT2D eigenvalue weighted by Gasteiger charge is 2.21. The molecule has 0 aliphatic heterocycles. The van der Waals surface area contributed by atoms with Gasteiger partial charge in [-0.05, 0) is 12.1 Å². The van der Waals surface area contributed by atoms with Crippen molar-refractivity contribution in [1.82, 2.24) is 29.4 Å². The van der Waals surface area contributed by atoms with E-state index in [0.717, 1.165) is 28.2 Å². The average Bonchev–Trinajstić information content (AvgIpc) is 3.17. The van der Waals surface area contributed by atoms with E-state index in [-0.39, 0.29) is 17.0 Å². The van der Waals surface area contributed by atoms with Crippen molar-refractivity contribution in [2.45, 2.75) is 0 Å². The number of fused-ring (bicyclic) bond motifs is 1. The largest absolute Gasteiger partial charge is 0.381 e. The number of aromatic nitrogens is 6. The van der Waals surface area contributed by atoms with Crippen LogP contribution in [0.5, 0.6) is 0 Å². The molecule has 0 radical (unpaired) electrons. The van der Waals surface area contributed by atoms with E-state index in [9.17, 15) is 9.18 Å². The second-order valence-electron chi connectivity index (χ2n) is 5.52. The number of halogens is 1. The van der Waals surface area contributed by atoms with E-state index in [0.29, 0.717) is 5.69 Å². The number of nitrogens with zero attached hydrogens (tertiary/aromatic N) is 6. The fourth-order valence-electron chi connectivity index (χ4n) is 2.69. The number of carbonyl (C=O) groups excluding carboxylic acids is 1. The summed E-state index contributed by atoms with van der Waals surface area (Å²) < 4.78 is 16.1. The zero-order chi connectivity index (χ0) is 18.3. The number of anilines is 2. The number of hydrogen-bond donors (Lipinski definition) is 2. The van der Waals surface area contributed by atoms with Crippen LogP contribution in [0.15, 0.2) is 43.1 Å². The predicted molar refractivity (Wildman–Crippen MR) is 91.7 cm³/mol. The van der Waals surface area contributed by atoms with Gasteiger partial charge in [-0.2, -0.15) is 5.10 Å². The van der Waals surface area contributed by atoms with Crippen LogP contribution in [0.2, 0.25) is 0 Å². The van der Waals surface area contributed by atoms with Crippen LogP contribution in [0.1, 0.15) is 10.4 Å². The first-order valence-electron chi connectivity index (χ1n) is 7.57. The van der Waals surface area contributed by atoms with E-state index in [1.54, 1.807) is 30.2 Å². The highest BCUT2D eigenvalue weighted by atomic mass is 19.1. The standard InChI is InChI=1S/C16H13FN8O/c1-24-12(3-5-21-24)10-2-4-19-7-11(10)22-16(26)13-14(18)23-25-8-9(17)6-20-15(13)25/h2-8H,1H3,(H2,18,23)(H,22,26). The Hall–Kier alpha value is -3.82. The molecule has 4 aromatic rings. The van der Waals surface area contributed by atoms with E-state index >= 15 is 0 Å². The van der Waals surface area contributed by atoms with Gasteiger partial charge in [-0.15, -0.1) is 5.10 Å². The van der Waals surface area contributed by atoms with E-state index in [1.165, 1.54) is 6.20 Å². The monoisotopic (exact) mass is 352 g/mol. The lowest BCUT2D eigenvalue weighted by Crippen LogP contribution is -2.15. The topological polar surface area (TPSA) is 116 Å². The summed E-state index contributed by atoms with van der Waals surface area (Å²) in [5, 5.41) is 10.8. The number of pyridine rings is 1. The zero-order valence-corrected chi connectivity index (χ0v) is 13.6. The molecule has 4 rings (SSSR count). The van der Waals surface area contributed by atoms with Crippen LogP contribution in [0.25, 0.3) is 16.9 Å². The van der Waals surface area contributed by atoms with E-state index < -0.39 is 11.7 Å². The quantitative estimate of drug-likeness (QED) is 0.577. The SMILES string of the molecule is Cn1nccc1-c1ccncc1NC(=O)c1c(N)nn2cc(F)cnc12. The van der Waals surface area contributed by atoms with Gasteiger partial charge in [0.05, 0.1) is 30.0 Å². The lowest BCUT2D eigenvalue weighted by atomic mass is 10.1. The Kier molecular flexibility index (Phi) is 3.57. The van der Waals surface area contributed by atoms with Crippen LogP contribution in [0.3, 0.4) is 0 Å². The molecule has 0 unspecified atom stereocenters. The molecule has 0 fully saturated rings. The van der Waals surface area contributed by atoms with Crippen molar-refractivity contribution in [1.29, 1.82) is 0 Å². The number of amides is 1. The summed E-state index contributed by atoms with van der Waals surface area (Å²) in [5.41, 5.74) is 8.06. The van der Waals surface area contributed by atoms with Gasteiger partial charge in [0.15, 0.2) is 17.3 Å². The Morgan fingerprint density at radius 2 is 2.12 bits per heavy atom. The van der Waals surface area contributed by atoms with E-state index in [4.69, 9.17) is 5.73 Å². The first kappa shape index (κ1) is 15.7. The summed E-state index contributed by atoms with van der Waals surface area (Å²) >= 11 is 0. The minimum absolute atomic E-state index is 0.0495. The third kappa shape index (κ3) is 2.53. The highest BCUT2D eigenvalue weighted by molar-refractivity contribution is 6.12. The Labute approximate surface area is 146 Å². The van der Waals surface area contributed by atoms with Crippen molar-refractivity contribution in [2.75, 3.05) is 11.1 Å². The number of rotatable bonds is 3. The lowest BCUT2D eigenvalue weighted by molar-refractivity contribution is 0.102. The van der Waals surface area contributed by atoms with Crippen LogP contribution in [-0.4, -0.2) is 35.3 Å². The molecule has 10 heteroatoms. The minimum atomic E-state index is -0.585. The molecule has 26 heavy (non-hydrogen) atoms. The second kappa shape index (κ2) is 5.92. The van der Waals surface area contributed by atoms with Crippen molar-refractivity contribution in [3.05, 3.63) is 54.5 Å². The number of aryl methyl sites for hydroxylation is 1. The molecule has 4 aromatic heterocycles. The molecule has 1 amide bonds. The first-order chi connectivity index (χ1) is 12.5. The van der Waals surface area contributed by atoms with Crippen molar-refractivity contribution in [3.63, 3.8) is 0 Å². The summed E-state index contributed by atoms with van der Waals surface area (Å²) in [6.45, 7) is 0. The number of nitrogen functional groups attached to an aromatic ring is 1. The highest BCUT2D eigenvalue weighted by Crippen LogP contribution is 2.27. The Balaban J connectivity index is 1.75. The zero-order valence-electron chi connectivity index (χ0n) is 13.6. The Morgan fingerprint density at radius 3 is 2.88 bits per heavy atom. The minimum Gasteiger partial charge on any atom is -0.381 e. The van der Waals surface area contributed by atoms with Gasteiger partial charge in [-0.1, -0.05) is 0 Å². The fourth-order valence-corrected chi connectivity index (χ4v) is 2.69. The van der Waals surface area contributed by atoms with Crippen molar-refractivity contribution >= 4 is 23.1 Å². The number of nitrogens with two attached hydrogens (primary N) is 1. The molecule has 9 nitrogen and oxygen atoms in total. The number of nitrogens with one attached hydrogen (secondary N) is 1. The molecule has 0 aromatic carbocycles. The second-order valence-corrected chi connectivity index (χ2v) is 5.52. The van der Waals surface area contributed by atoms with Crippen LogP contribution in [0.4, 0.5) is 15.9 Å². The normalized spacial score (nSPS) is 11.0. The molecule has 0 saturated carbocycles. The van der Waals surface area contributed by atoms with Gasteiger partial charge in [-0.25, -0.2) is 13.9 Å². The van der Waals surface area contributed by atoms with Gasteiger partial charge in [-0.3, -0.25) is 14.5 Å². The van der Waals surface area contributed by atoms with Crippen molar-refractivity contribution in [3.8, 4) is 11.3 Å². The van der Waals surface area contributed by atoms with Crippen LogP contribution in [-0.2, 0) is 7.05 Å². The van der Waals surface area contributed by atoms with Gasteiger partial charge < -0.3 is 11.1 Å². The maximum absolute atomic E-state index is 13.3. The summed E-state index contributed by atoms with van der Waals surface area (Å²) in [7, 11) is 1.79. The third-order valence-corrected chi connectivity index (χ3v) is 3.86. The molecular formula is C16H13FN8O. The average molecular weight is 352 g/mol. The lowest BCUT2D eigenvalue weighted by Gasteiger charge is -2.10. The Bertz CT molecular complexity index is 1130. The van der Waals surface area contributed by atoms with Crippen LogP contribution < -0.4 is 11.1 Å². The van der Waals surface area contributed by atoms with Gasteiger partial charge in [0, 0.05) is 25.0 Å². The number of carbonyl (C=O) groups is 1. The van der Waals surface area contributed by atoms with Crippen LogP contribution >= 0.6 is 0 Å². The maximum atomic E-state index is 13.3. The fraction of sp³-hybridized carbons (Fsp3) is 0.0625. The molecular weight excluding hydrogens is 339 g/mol. The van der Waals surface area contributed by atoms with Crippen molar-refractivity contribution < 1.29 is 9.18 Å². The predicted octanol–water partition coefficient (Wildman–Crippen LogP) is 1.50. The van der Waals surface area contributed by atoms with Gasteiger partial charge >= 0.3 is 0 Å².